The number of esters is 1. The van der Waals surface area contributed by atoms with Crippen LogP contribution in [0.1, 0.15) is 33.4 Å². The Morgan fingerprint density at radius 2 is 2.15 bits per heavy atom. The van der Waals surface area contributed by atoms with Crippen molar-refractivity contribution in [3.8, 4) is 0 Å². The van der Waals surface area contributed by atoms with Crippen LogP contribution >= 0.6 is 23.1 Å². The number of thioether (sulfide) groups is 1. The predicted octanol–water partition coefficient (Wildman–Crippen LogP) is 2.25. The monoisotopic (exact) mass is 316 g/mol. The van der Waals surface area contributed by atoms with Crippen LogP contribution in [0.2, 0.25) is 0 Å². The van der Waals surface area contributed by atoms with Crippen molar-refractivity contribution in [3.05, 3.63) is 11.1 Å². The molecule has 0 unspecified atom stereocenters. The van der Waals surface area contributed by atoms with Gasteiger partial charge in [0.05, 0.1) is 24.0 Å². The van der Waals surface area contributed by atoms with Gasteiger partial charge in [-0.05, 0) is 27.7 Å². The molecule has 1 aromatic heterocycles. The number of amides is 1. The molecule has 0 aromatic carbocycles. The number of carbonyl (C=O) groups excluding carboxylic acids is 2. The summed E-state index contributed by atoms with van der Waals surface area (Å²) >= 11 is 2.84. The van der Waals surface area contributed by atoms with E-state index in [2.05, 4.69) is 10.3 Å². The van der Waals surface area contributed by atoms with Gasteiger partial charge in [0, 0.05) is 11.4 Å². The normalized spacial score (nSPS) is 12.2. The molecular formula is C13H20N2O3S2. The van der Waals surface area contributed by atoms with E-state index >= 15 is 0 Å². The second-order valence-corrected chi connectivity index (χ2v) is 6.96. The lowest BCUT2D eigenvalue weighted by molar-refractivity contribution is -0.142. The molecule has 0 fully saturated rings. The summed E-state index contributed by atoms with van der Waals surface area (Å²) in [6, 6.07) is 0.126. The van der Waals surface area contributed by atoms with Crippen molar-refractivity contribution in [1.29, 1.82) is 0 Å². The predicted molar refractivity (Wildman–Crippen MR) is 81.0 cm³/mol. The maximum atomic E-state index is 11.8. The van der Waals surface area contributed by atoms with Gasteiger partial charge in [-0.3, -0.25) is 9.59 Å². The number of hydrogen-bond acceptors (Lipinski definition) is 6. The molecule has 0 saturated carbocycles. The Hall–Kier alpha value is -1.08. The maximum Gasteiger partial charge on any atom is 0.311 e. The van der Waals surface area contributed by atoms with Gasteiger partial charge in [0.1, 0.15) is 0 Å². The first-order chi connectivity index (χ1) is 9.42. The van der Waals surface area contributed by atoms with Gasteiger partial charge in [0.25, 0.3) is 0 Å². The molecule has 1 N–H and O–H groups in total. The molecule has 0 bridgehead atoms. The molecule has 20 heavy (non-hydrogen) atoms. The van der Waals surface area contributed by atoms with E-state index in [1.165, 1.54) is 23.1 Å². The van der Waals surface area contributed by atoms with Gasteiger partial charge in [-0.25, -0.2) is 4.98 Å². The fraction of sp³-hybridized carbons (Fsp3) is 0.615. The average molecular weight is 316 g/mol. The van der Waals surface area contributed by atoms with Crippen LogP contribution < -0.4 is 5.32 Å². The topological polar surface area (TPSA) is 68.3 Å². The van der Waals surface area contributed by atoms with Crippen LogP contribution in [0.4, 0.5) is 0 Å². The third kappa shape index (κ3) is 5.92. The molecule has 7 heteroatoms. The Morgan fingerprint density at radius 3 is 2.75 bits per heavy atom. The minimum atomic E-state index is -0.278. The summed E-state index contributed by atoms with van der Waals surface area (Å²) in [6.45, 7) is 7.84. The van der Waals surface area contributed by atoms with E-state index in [-0.39, 0.29) is 29.6 Å². The van der Waals surface area contributed by atoms with E-state index in [9.17, 15) is 9.59 Å². The summed E-state index contributed by atoms with van der Waals surface area (Å²) in [6.07, 6.45) is 0.178. The summed E-state index contributed by atoms with van der Waals surface area (Å²) in [5, 5.41) is 4.48. The van der Waals surface area contributed by atoms with Crippen molar-refractivity contribution >= 4 is 35.0 Å². The number of nitrogens with zero attached hydrogens (tertiary/aromatic N) is 1. The molecule has 1 aromatic rings. The third-order valence-corrected chi connectivity index (χ3v) is 4.36. The molecule has 0 aliphatic carbocycles. The second kappa shape index (κ2) is 8.26. The minimum absolute atomic E-state index is 0.00728. The largest absolute Gasteiger partial charge is 0.466 e. The van der Waals surface area contributed by atoms with Crippen molar-refractivity contribution in [3.63, 3.8) is 0 Å². The number of carbonyl (C=O) groups is 2. The molecule has 1 amide bonds. The van der Waals surface area contributed by atoms with E-state index in [4.69, 9.17) is 4.74 Å². The fourth-order valence-corrected chi connectivity index (χ4v) is 3.38. The average Bonchev–Trinajstić information content (AvgIpc) is 2.75. The van der Waals surface area contributed by atoms with Gasteiger partial charge < -0.3 is 10.1 Å². The fourth-order valence-electron chi connectivity index (χ4n) is 1.39. The van der Waals surface area contributed by atoms with Crippen molar-refractivity contribution < 1.29 is 14.3 Å². The highest BCUT2D eigenvalue weighted by molar-refractivity contribution is 8.02. The van der Waals surface area contributed by atoms with E-state index < -0.39 is 0 Å². The van der Waals surface area contributed by atoms with E-state index in [1.54, 1.807) is 6.92 Å². The molecule has 0 aliphatic rings. The first-order valence-corrected chi connectivity index (χ1v) is 8.25. The molecule has 5 nitrogen and oxygen atoms in total. The summed E-state index contributed by atoms with van der Waals surface area (Å²) in [7, 11) is 0. The first kappa shape index (κ1) is 17.0. The number of nitrogens with one attached hydrogen (secondary N) is 1. The standard InChI is InChI=1S/C13H20N2O3S2/c1-5-18-11(16)6-10-7-19-13(15-10)20-9(4)12(17)14-8(2)3/h7-9H,5-6H2,1-4H3,(H,14,17)/t9-/m1/s1. The van der Waals surface area contributed by atoms with Crippen LogP contribution in [-0.2, 0) is 20.7 Å². The Bertz CT molecular complexity index is 460. The van der Waals surface area contributed by atoms with Crippen LogP contribution in [-0.4, -0.2) is 34.8 Å². The summed E-state index contributed by atoms with van der Waals surface area (Å²) < 4.78 is 5.66. The lowest BCUT2D eigenvalue weighted by Gasteiger charge is -2.12. The van der Waals surface area contributed by atoms with Crippen LogP contribution in [0.5, 0.6) is 0 Å². The maximum absolute atomic E-state index is 11.8. The number of ether oxygens (including phenoxy) is 1. The highest BCUT2D eigenvalue weighted by Gasteiger charge is 2.17. The smallest absolute Gasteiger partial charge is 0.311 e. The van der Waals surface area contributed by atoms with E-state index in [1.807, 2.05) is 26.2 Å². The molecule has 1 atom stereocenters. The van der Waals surface area contributed by atoms with E-state index in [0.717, 1.165) is 4.34 Å². The van der Waals surface area contributed by atoms with Crippen LogP contribution in [0.15, 0.2) is 9.72 Å². The van der Waals surface area contributed by atoms with Gasteiger partial charge in [-0.15, -0.1) is 11.3 Å². The van der Waals surface area contributed by atoms with Gasteiger partial charge in [0.2, 0.25) is 5.91 Å². The molecule has 0 spiro atoms. The number of aromatic nitrogens is 1. The minimum Gasteiger partial charge on any atom is -0.466 e. The summed E-state index contributed by atoms with van der Waals surface area (Å²) in [4.78, 5) is 27.5. The summed E-state index contributed by atoms with van der Waals surface area (Å²) in [5.74, 6) is -0.285. The molecular weight excluding hydrogens is 296 g/mol. The Kier molecular flexibility index (Phi) is 7.01. The first-order valence-electron chi connectivity index (χ1n) is 6.49. The Balaban J connectivity index is 2.51. The lowest BCUT2D eigenvalue weighted by Crippen LogP contribution is -2.35. The number of thiazole rings is 1. The zero-order valence-electron chi connectivity index (χ0n) is 12.1. The highest BCUT2D eigenvalue weighted by atomic mass is 32.2. The summed E-state index contributed by atoms with van der Waals surface area (Å²) in [5.41, 5.74) is 0.687. The molecule has 0 aliphatic heterocycles. The van der Waals surface area contributed by atoms with Crippen LogP contribution in [0.3, 0.4) is 0 Å². The molecule has 0 saturated heterocycles. The molecule has 1 rings (SSSR count). The zero-order valence-corrected chi connectivity index (χ0v) is 13.8. The number of hydrogen-bond donors (Lipinski definition) is 1. The third-order valence-electron chi connectivity index (χ3n) is 2.24. The van der Waals surface area contributed by atoms with Crippen LogP contribution in [0, 0.1) is 0 Å². The van der Waals surface area contributed by atoms with Crippen molar-refractivity contribution in [2.75, 3.05) is 6.61 Å². The van der Waals surface area contributed by atoms with E-state index in [0.29, 0.717) is 12.3 Å². The molecule has 1 heterocycles. The van der Waals surface area contributed by atoms with Crippen molar-refractivity contribution in [1.82, 2.24) is 10.3 Å². The Labute approximate surface area is 127 Å². The molecule has 0 radical (unpaired) electrons. The lowest BCUT2D eigenvalue weighted by atomic mass is 10.3. The molecule has 112 valence electrons. The highest BCUT2D eigenvalue weighted by Crippen LogP contribution is 2.27. The van der Waals surface area contributed by atoms with Gasteiger partial charge in [-0.1, -0.05) is 11.8 Å². The van der Waals surface area contributed by atoms with Gasteiger partial charge >= 0.3 is 5.97 Å². The van der Waals surface area contributed by atoms with Crippen LogP contribution in [0.25, 0.3) is 0 Å². The second-order valence-electron chi connectivity index (χ2n) is 4.51. The van der Waals surface area contributed by atoms with Crippen molar-refractivity contribution in [2.45, 2.75) is 49.7 Å². The van der Waals surface area contributed by atoms with Crippen molar-refractivity contribution in [2.24, 2.45) is 0 Å². The number of rotatable bonds is 7. The SMILES string of the molecule is CCOC(=O)Cc1csc(S[C@H](C)C(=O)NC(C)C)n1. The Morgan fingerprint density at radius 1 is 1.45 bits per heavy atom. The van der Waals surface area contributed by atoms with Gasteiger partial charge in [-0.2, -0.15) is 0 Å². The zero-order chi connectivity index (χ0) is 15.1. The van der Waals surface area contributed by atoms with Gasteiger partial charge in [0.15, 0.2) is 4.34 Å². The quantitative estimate of drug-likeness (QED) is 0.617.